The van der Waals surface area contributed by atoms with Gasteiger partial charge in [-0.15, -0.1) is 0 Å². The molecular weight excluding hydrogens is 202 g/mol. The van der Waals surface area contributed by atoms with Crippen molar-refractivity contribution in [1.82, 2.24) is 19.6 Å². The van der Waals surface area contributed by atoms with Crippen LogP contribution < -0.4 is 5.73 Å². The second kappa shape index (κ2) is 4.92. The maximum Gasteiger partial charge on any atom is 0.153 e. The summed E-state index contributed by atoms with van der Waals surface area (Å²) >= 11 is 0. The highest BCUT2D eigenvalue weighted by molar-refractivity contribution is 5.68. The number of hydrogen-bond acceptors (Lipinski definition) is 4. The van der Waals surface area contributed by atoms with Crippen molar-refractivity contribution in [2.24, 2.45) is 0 Å². The highest BCUT2D eigenvalue weighted by atomic mass is 15.3. The first kappa shape index (κ1) is 12.4. The zero-order chi connectivity index (χ0) is 12.3. The van der Waals surface area contributed by atoms with E-state index >= 15 is 0 Å². The Morgan fingerprint density at radius 2 is 1.94 bits per heavy atom. The number of nitrogens with two attached hydrogens (primary N) is 1. The molecule has 88 valence electrons. The normalized spacial score (nSPS) is 10.4. The van der Waals surface area contributed by atoms with Gasteiger partial charge in [0.25, 0.3) is 0 Å². The second-order valence-corrected chi connectivity index (χ2v) is 3.60. The van der Waals surface area contributed by atoms with E-state index in [1.54, 1.807) is 4.52 Å². The Balaban J connectivity index is 0.000000606. The van der Waals surface area contributed by atoms with Crippen LogP contribution in [0, 0.1) is 6.92 Å². The van der Waals surface area contributed by atoms with E-state index in [2.05, 4.69) is 28.9 Å². The maximum atomic E-state index is 5.80. The molecule has 0 unspecified atom stereocenters. The van der Waals surface area contributed by atoms with Crippen molar-refractivity contribution in [3.8, 4) is 0 Å². The summed E-state index contributed by atoms with van der Waals surface area (Å²) in [5.41, 5.74) is 7.59. The summed E-state index contributed by atoms with van der Waals surface area (Å²) in [5, 5.41) is 4.11. The molecule has 0 spiro atoms. The van der Waals surface area contributed by atoms with Crippen molar-refractivity contribution in [1.29, 1.82) is 0 Å². The van der Waals surface area contributed by atoms with Crippen molar-refractivity contribution < 1.29 is 0 Å². The van der Waals surface area contributed by atoms with Gasteiger partial charge in [0.15, 0.2) is 5.82 Å². The first-order chi connectivity index (χ1) is 7.61. The quantitative estimate of drug-likeness (QED) is 0.801. The number of nitrogens with zero attached hydrogens (tertiary/aromatic N) is 4. The van der Waals surface area contributed by atoms with Crippen molar-refractivity contribution in [3.63, 3.8) is 0 Å². The topological polar surface area (TPSA) is 69.1 Å². The lowest BCUT2D eigenvalue weighted by Gasteiger charge is -2.02. The number of imidazole rings is 1. The van der Waals surface area contributed by atoms with Gasteiger partial charge in [-0.05, 0) is 12.8 Å². The van der Waals surface area contributed by atoms with Crippen LogP contribution in [-0.2, 0) is 0 Å². The molecule has 2 rings (SSSR count). The number of nitrogen functional groups attached to an aromatic ring is 1. The SMILES string of the molecule is CC.Cc1nc(C(C)C)c2c(N)ncnn12. The Bertz CT molecular complexity index is 472. The van der Waals surface area contributed by atoms with Crippen LogP contribution in [0.3, 0.4) is 0 Å². The van der Waals surface area contributed by atoms with E-state index in [-0.39, 0.29) is 0 Å². The van der Waals surface area contributed by atoms with Gasteiger partial charge < -0.3 is 5.73 Å². The van der Waals surface area contributed by atoms with E-state index in [0.717, 1.165) is 17.0 Å². The lowest BCUT2D eigenvalue weighted by molar-refractivity contribution is 0.834. The average Bonchev–Trinajstić information content (AvgIpc) is 2.61. The average molecular weight is 221 g/mol. The second-order valence-electron chi connectivity index (χ2n) is 3.60. The fourth-order valence-electron chi connectivity index (χ4n) is 1.53. The fraction of sp³-hybridized carbons (Fsp3) is 0.545. The molecule has 2 N–H and O–H groups in total. The van der Waals surface area contributed by atoms with Crippen molar-refractivity contribution in [2.45, 2.75) is 40.5 Å². The number of aryl methyl sites for hydroxylation is 1. The van der Waals surface area contributed by atoms with Crippen molar-refractivity contribution in [2.75, 3.05) is 5.73 Å². The third-order valence-corrected chi connectivity index (χ3v) is 2.20. The summed E-state index contributed by atoms with van der Waals surface area (Å²) in [4.78, 5) is 8.40. The molecule has 0 aliphatic rings. The molecule has 16 heavy (non-hydrogen) atoms. The summed E-state index contributed by atoms with van der Waals surface area (Å²) in [6, 6.07) is 0. The molecule has 5 nitrogen and oxygen atoms in total. The number of hydrogen-bond donors (Lipinski definition) is 1. The minimum Gasteiger partial charge on any atom is -0.382 e. The number of fused-ring (bicyclic) bond motifs is 1. The molecule has 0 saturated carbocycles. The zero-order valence-electron chi connectivity index (χ0n) is 10.5. The zero-order valence-corrected chi connectivity index (χ0v) is 10.5. The molecule has 0 aliphatic carbocycles. The van der Waals surface area contributed by atoms with E-state index in [1.165, 1.54) is 6.33 Å². The van der Waals surface area contributed by atoms with Gasteiger partial charge in [-0.25, -0.2) is 14.5 Å². The van der Waals surface area contributed by atoms with E-state index in [9.17, 15) is 0 Å². The smallest absolute Gasteiger partial charge is 0.153 e. The first-order valence-corrected chi connectivity index (χ1v) is 5.57. The molecule has 0 fully saturated rings. The largest absolute Gasteiger partial charge is 0.382 e. The van der Waals surface area contributed by atoms with Gasteiger partial charge in [0, 0.05) is 0 Å². The number of rotatable bonds is 1. The molecule has 0 amide bonds. The molecule has 0 aliphatic heterocycles. The molecule has 0 atom stereocenters. The highest BCUT2D eigenvalue weighted by Crippen LogP contribution is 2.22. The third-order valence-electron chi connectivity index (χ3n) is 2.20. The van der Waals surface area contributed by atoms with Crippen LogP contribution in [0.4, 0.5) is 5.82 Å². The monoisotopic (exact) mass is 221 g/mol. The third kappa shape index (κ3) is 1.98. The van der Waals surface area contributed by atoms with Crippen LogP contribution in [0.15, 0.2) is 6.33 Å². The fourth-order valence-corrected chi connectivity index (χ4v) is 1.53. The van der Waals surface area contributed by atoms with Gasteiger partial charge in [-0.1, -0.05) is 27.7 Å². The molecule has 0 radical (unpaired) electrons. The maximum absolute atomic E-state index is 5.80. The van der Waals surface area contributed by atoms with Crippen LogP contribution in [0.1, 0.15) is 45.1 Å². The van der Waals surface area contributed by atoms with Gasteiger partial charge in [0.1, 0.15) is 17.7 Å². The molecule has 0 saturated heterocycles. The van der Waals surface area contributed by atoms with E-state index in [4.69, 9.17) is 5.73 Å². The standard InChI is InChI=1S/C9H13N5.C2H6/c1-5(2)7-8-9(10)11-4-12-14(8)6(3)13-7;1-2/h4-5H,1-3H3,(H2,10,11,12);1-2H3. The molecular formula is C11H19N5. The van der Waals surface area contributed by atoms with Gasteiger partial charge in [-0.3, -0.25) is 0 Å². The minimum atomic E-state index is 0.326. The van der Waals surface area contributed by atoms with Gasteiger partial charge >= 0.3 is 0 Å². The van der Waals surface area contributed by atoms with Gasteiger partial charge in [0.05, 0.1) is 5.69 Å². The van der Waals surface area contributed by atoms with Crippen LogP contribution in [0.25, 0.3) is 5.52 Å². The molecule has 2 aromatic heterocycles. The Morgan fingerprint density at radius 3 is 2.50 bits per heavy atom. The van der Waals surface area contributed by atoms with Crippen molar-refractivity contribution >= 4 is 11.3 Å². The van der Waals surface area contributed by atoms with Crippen LogP contribution in [-0.4, -0.2) is 19.6 Å². The van der Waals surface area contributed by atoms with E-state index in [0.29, 0.717) is 11.7 Å². The molecule has 5 heteroatoms. The minimum absolute atomic E-state index is 0.326. The number of aromatic nitrogens is 4. The molecule has 0 aromatic carbocycles. The summed E-state index contributed by atoms with van der Waals surface area (Å²) in [6.07, 6.45) is 1.45. The first-order valence-electron chi connectivity index (χ1n) is 5.57. The Hall–Kier alpha value is -1.65. The van der Waals surface area contributed by atoms with E-state index in [1.807, 2.05) is 20.8 Å². The highest BCUT2D eigenvalue weighted by Gasteiger charge is 2.14. The van der Waals surface area contributed by atoms with Crippen LogP contribution in [0.5, 0.6) is 0 Å². The van der Waals surface area contributed by atoms with E-state index < -0.39 is 0 Å². The van der Waals surface area contributed by atoms with Crippen LogP contribution in [0.2, 0.25) is 0 Å². The van der Waals surface area contributed by atoms with Gasteiger partial charge in [-0.2, -0.15) is 5.10 Å². The molecule has 2 aromatic rings. The lowest BCUT2D eigenvalue weighted by Crippen LogP contribution is -2.01. The Kier molecular flexibility index (Phi) is 3.82. The molecule has 0 bridgehead atoms. The summed E-state index contributed by atoms with van der Waals surface area (Å²) < 4.78 is 1.73. The van der Waals surface area contributed by atoms with Gasteiger partial charge in [0.2, 0.25) is 0 Å². The molecule has 2 heterocycles. The summed E-state index contributed by atoms with van der Waals surface area (Å²) in [6.45, 7) is 10.1. The summed E-state index contributed by atoms with van der Waals surface area (Å²) in [7, 11) is 0. The summed E-state index contributed by atoms with van der Waals surface area (Å²) in [5.74, 6) is 1.66. The number of anilines is 1. The Morgan fingerprint density at radius 1 is 1.31 bits per heavy atom. The Labute approximate surface area is 95.7 Å². The lowest BCUT2D eigenvalue weighted by atomic mass is 10.1. The van der Waals surface area contributed by atoms with Crippen molar-refractivity contribution in [3.05, 3.63) is 17.8 Å². The van der Waals surface area contributed by atoms with Crippen LogP contribution >= 0.6 is 0 Å². The predicted molar refractivity (Wildman–Crippen MR) is 65.4 cm³/mol. The predicted octanol–water partition coefficient (Wildman–Crippen LogP) is 2.16.